The molecule has 20 heavy (non-hydrogen) atoms. The van der Waals surface area contributed by atoms with Crippen LogP contribution < -0.4 is 5.32 Å². The van der Waals surface area contributed by atoms with Crippen LogP contribution in [-0.2, 0) is 4.79 Å². The van der Waals surface area contributed by atoms with Gasteiger partial charge in [-0.25, -0.2) is 9.59 Å². The van der Waals surface area contributed by atoms with Crippen LogP contribution in [0.2, 0.25) is 0 Å². The van der Waals surface area contributed by atoms with Crippen LogP contribution in [0.1, 0.15) is 46.5 Å². The first-order valence-corrected chi connectivity index (χ1v) is 8.32. The van der Waals surface area contributed by atoms with Gasteiger partial charge in [-0.15, -0.1) is 11.8 Å². The predicted molar refractivity (Wildman–Crippen MR) is 79.8 cm³/mol. The summed E-state index contributed by atoms with van der Waals surface area (Å²) in [5.41, 5.74) is 0.272. The molecule has 6 heteroatoms. The van der Waals surface area contributed by atoms with E-state index < -0.39 is 12.0 Å². The lowest BCUT2D eigenvalue weighted by Crippen LogP contribution is -2.52. The van der Waals surface area contributed by atoms with Crippen molar-refractivity contribution in [1.29, 1.82) is 0 Å². The van der Waals surface area contributed by atoms with Gasteiger partial charge in [0.15, 0.2) is 0 Å². The van der Waals surface area contributed by atoms with Crippen molar-refractivity contribution in [2.75, 3.05) is 5.75 Å². The lowest BCUT2D eigenvalue weighted by atomic mass is 9.92. The molecule has 2 N–H and O–H groups in total. The highest BCUT2D eigenvalue weighted by atomic mass is 32.2. The van der Waals surface area contributed by atoms with Gasteiger partial charge >= 0.3 is 12.0 Å². The normalized spacial score (nSPS) is 32.4. The Morgan fingerprint density at radius 2 is 2.15 bits per heavy atom. The van der Waals surface area contributed by atoms with Gasteiger partial charge in [-0.3, -0.25) is 4.90 Å². The zero-order valence-corrected chi connectivity index (χ0v) is 13.2. The van der Waals surface area contributed by atoms with Crippen LogP contribution in [0, 0.1) is 5.41 Å². The minimum Gasteiger partial charge on any atom is -0.480 e. The molecule has 1 saturated carbocycles. The van der Waals surface area contributed by atoms with E-state index in [4.69, 9.17) is 0 Å². The van der Waals surface area contributed by atoms with Crippen molar-refractivity contribution in [3.8, 4) is 0 Å². The summed E-state index contributed by atoms with van der Waals surface area (Å²) in [5, 5.41) is 12.3. The van der Waals surface area contributed by atoms with E-state index in [2.05, 4.69) is 19.2 Å². The first kappa shape index (κ1) is 15.5. The topological polar surface area (TPSA) is 69.6 Å². The molecule has 3 unspecified atom stereocenters. The standard InChI is InChI=1S/C14H24N2O3S/c1-4-11-16(10(8-20-11)12(17)18)13(19)15-9-5-6-14(2,3)7-9/h9-11H,4-8H2,1-3H3,(H,15,19)(H,17,18). The number of carbonyl (C=O) groups excluding carboxylic acids is 1. The second kappa shape index (κ2) is 5.84. The highest BCUT2D eigenvalue weighted by Crippen LogP contribution is 2.37. The van der Waals surface area contributed by atoms with Crippen LogP contribution in [-0.4, -0.2) is 45.2 Å². The average Bonchev–Trinajstić information content (AvgIpc) is 2.92. The zero-order chi connectivity index (χ0) is 14.9. The summed E-state index contributed by atoms with van der Waals surface area (Å²) in [4.78, 5) is 25.2. The third-order valence-electron chi connectivity index (χ3n) is 4.26. The Labute approximate surface area is 124 Å². The summed E-state index contributed by atoms with van der Waals surface area (Å²) in [6.07, 6.45) is 3.83. The van der Waals surface area contributed by atoms with Gasteiger partial charge in [0.25, 0.3) is 0 Å². The molecule has 1 heterocycles. The molecule has 2 fully saturated rings. The van der Waals surface area contributed by atoms with Crippen LogP contribution in [0.5, 0.6) is 0 Å². The zero-order valence-electron chi connectivity index (χ0n) is 12.4. The fraction of sp³-hybridized carbons (Fsp3) is 0.857. The monoisotopic (exact) mass is 300 g/mol. The molecule has 1 aliphatic heterocycles. The maximum Gasteiger partial charge on any atom is 0.327 e. The molecule has 1 aliphatic carbocycles. The molecule has 0 aromatic carbocycles. The maximum atomic E-state index is 12.4. The molecule has 0 spiro atoms. The van der Waals surface area contributed by atoms with Gasteiger partial charge in [-0.2, -0.15) is 0 Å². The third kappa shape index (κ3) is 3.22. The number of urea groups is 1. The molecule has 2 rings (SSSR count). The van der Waals surface area contributed by atoms with E-state index in [-0.39, 0.29) is 22.9 Å². The number of carboxylic acid groups (broad SMARTS) is 1. The van der Waals surface area contributed by atoms with Crippen molar-refractivity contribution in [2.24, 2.45) is 5.41 Å². The fourth-order valence-corrected chi connectivity index (χ4v) is 4.50. The third-order valence-corrected chi connectivity index (χ3v) is 5.71. The number of hydrogen-bond donors (Lipinski definition) is 2. The highest BCUT2D eigenvalue weighted by Gasteiger charge is 2.42. The number of nitrogens with zero attached hydrogens (tertiary/aromatic N) is 1. The van der Waals surface area contributed by atoms with E-state index >= 15 is 0 Å². The van der Waals surface area contributed by atoms with E-state index in [0.717, 1.165) is 25.7 Å². The van der Waals surface area contributed by atoms with Crippen LogP contribution in [0.4, 0.5) is 4.79 Å². The Bertz CT molecular complexity index is 400. The van der Waals surface area contributed by atoms with Crippen molar-refractivity contribution in [3.63, 3.8) is 0 Å². The number of rotatable bonds is 3. The smallest absolute Gasteiger partial charge is 0.327 e. The van der Waals surface area contributed by atoms with Gasteiger partial charge in [0.2, 0.25) is 0 Å². The average molecular weight is 300 g/mol. The molecule has 5 nitrogen and oxygen atoms in total. The Morgan fingerprint density at radius 3 is 2.65 bits per heavy atom. The molecule has 114 valence electrons. The summed E-state index contributed by atoms with van der Waals surface area (Å²) >= 11 is 1.56. The summed E-state index contributed by atoms with van der Waals surface area (Å²) in [6, 6.07) is -0.730. The van der Waals surface area contributed by atoms with E-state index in [0.29, 0.717) is 5.75 Å². The largest absolute Gasteiger partial charge is 0.480 e. The number of carbonyl (C=O) groups is 2. The lowest BCUT2D eigenvalue weighted by molar-refractivity contribution is -0.141. The molecular weight excluding hydrogens is 276 g/mol. The van der Waals surface area contributed by atoms with E-state index in [1.54, 1.807) is 11.8 Å². The van der Waals surface area contributed by atoms with Crippen LogP contribution in [0.15, 0.2) is 0 Å². The molecule has 0 aromatic rings. The van der Waals surface area contributed by atoms with Gasteiger partial charge < -0.3 is 10.4 Å². The second-order valence-electron chi connectivity index (χ2n) is 6.51. The second-order valence-corrected chi connectivity index (χ2v) is 7.72. The van der Waals surface area contributed by atoms with Crippen LogP contribution in [0.3, 0.4) is 0 Å². The minimum absolute atomic E-state index is 0.0227. The molecule has 3 atom stereocenters. The summed E-state index contributed by atoms with van der Waals surface area (Å²) < 4.78 is 0. The van der Waals surface area contributed by atoms with E-state index in [1.807, 2.05) is 6.92 Å². The molecule has 0 radical (unpaired) electrons. The minimum atomic E-state index is -0.907. The van der Waals surface area contributed by atoms with Crippen molar-refractivity contribution in [2.45, 2.75) is 63.9 Å². The van der Waals surface area contributed by atoms with Gasteiger partial charge in [-0.1, -0.05) is 20.8 Å². The van der Waals surface area contributed by atoms with Crippen molar-refractivity contribution in [1.82, 2.24) is 10.2 Å². The van der Waals surface area contributed by atoms with Gasteiger partial charge in [0.05, 0.1) is 5.37 Å². The number of hydrogen-bond acceptors (Lipinski definition) is 3. The summed E-state index contributed by atoms with van der Waals surface area (Å²) in [6.45, 7) is 6.40. The quantitative estimate of drug-likeness (QED) is 0.840. The first-order valence-electron chi connectivity index (χ1n) is 7.27. The predicted octanol–water partition coefficient (Wildman–Crippen LogP) is 2.51. The SMILES string of the molecule is CCC1SCC(C(=O)O)N1C(=O)NC1CCC(C)(C)C1. The molecule has 0 aromatic heterocycles. The molecular formula is C14H24N2O3S. The summed E-state index contributed by atoms with van der Waals surface area (Å²) in [7, 11) is 0. The first-order chi connectivity index (χ1) is 9.34. The van der Waals surface area contributed by atoms with Crippen molar-refractivity contribution >= 4 is 23.8 Å². The molecule has 2 amide bonds. The number of carboxylic acids is 1. The maximum absolute atomic E-state index is 12.4. The van der Waals surface area contributed by atoms with Crippen molar-refractivity contribution < 1.29 is 14.7 Å². The number of thioether (sulfide) groups is 1. The molecule has 0 bridgehead atoms. The Hall–Kier alpha value is -0.910. The Kier molecular flexibility index (Phi) is 4.52. The fourth-order valence-electron chi connectivity index (χ4n) is 3.15. The van der Waals surface area contributed by atoms with Gasteiger partial charge in [0.1, 0.15) is 6.04 Å². The Balaban J connectivity index is 2.01. The van der Waals surface area contributed by atoms with Crippen LogP contribution >= 0.6 is 11.8 Å². The van der Waals surface area contributed by atoms with Crippen molar-refractivity contribution in [3.05, 3.63) is 0 Å². The van der Waals surface area contributed by atoms with Gasteiger partial charge in [-0.05, 0) is 31.1 Å². The lowest BCUT2D eigenvalue weighted by Gasteiger charge is -2.28. The molecule has 1 saturated heterocycles. The number of aliphatic carboxylic acids is 1. The van der Waals surface area contributed by atoms with E-state index in [9.17, 15) is 14.7 Å². The van der Waals surface area contributed by atoms with E-state index in [1.165, 1.54) is 4.90 Å². The van der Waals surface area contributed by atoms with Crippen LogP contribution in [0.25, 0.3) is 0 Å². The Morgan fingerprint density at radius 1 is 1.45 bits per heavy atom. The number of amides is 2. The molecule has 2 aliphatic rings. The number of nitrogens with one attached hydrogen (secondary N) is 1. The summed E-state index contributed by atoms with van der Waals surface area (Å²) in [5.74, 6) is -0.424. The van der Waals surface area contributed by atoms with Gasteiger partial charge in [0, 0.05) is 11.8 Å². The highest BCUT2D eigenvalue weighted by molar-refractivity contribution is 8.00.